The molecule has 0 aliphatic heterocycles. The highest BCUT2D eigenvalue weighted by molar-refractivity contribution is 7.10. The fourth-order valence-corrected chi connectivity index (χ4v) is 2.54. The smallest absolute Gasteiger partial charge is 0.138 e. The zero-order valence-electron chi connectivity index (χ0n) is 6.75. The molecule has 0 saturated heterocycles. The van der Waals surface area contributed by atoms with Crippen molar-refractivity contribution in [1.29, 1.82) is 0 Å². The number of rotatable bonds is 0. The molecule has 0 bridgehead atoms. The third kappa shape index (κ3) is 1.30. The molecule has 2 nitrogen and oxygen atoms in total. The second-order valence-corrected chi connectivity index (χ2v) is 4.16. The van der Waals surface area contributed by atoms with E-state index in [1.807, 2.05) is 11.4 Å². The monoisotopic (exact) mass is 181 g/mol. The van der Waals surface area contributed by atoms with E-state index in [-0.39, 0.29) is 6.04 Å². The maximum absolute atomic E-state index is 11.2. The summed E-state index contributed by atoms with van der Waals surface area (Å²) in [4.78, 5) is 12.4. The van der Waals surface area contributed by atoms with E-state index in [4.69, 9.17) is 5.73 Å². The van der Waals surface area contributed by atoms with Gasteiger partial charge in [-0.05, 0) is 23.4 Å². The van der Waals surface area contributed by atoms with Crippen molar-refractivity contribution in [2.75, 3.05) is 0 Å². The molecule has 1 aromatic rings. The fourth-order valence-electron chi connectivity index (χ4n) is 1.56. The molecule has 0 aromatic carbocycles. The van der Waals surface area contributed by atoms with Crippen molar-refractivity contribution in [3.05, 3.63) is 21.9 Å². The molecule has 2 N–H and O–H groups in total. The van der Waals surface area contributed by atoms with E-state index in [1.165, 1.54) is 10.4 Å². The number of fused-ring (bicyclic) bond motifs is 1. The summed E-state index contributed by atoms with van der Waals surface area (Å²) in [6.07, 6.45) is 2.05. The Balaban J connectivity index is 2.38. The lowest BCUT2D eigenvalue weighted by atomic mass is 10.1. The Kier molecular flexibility index (Phi) is 1.98. The van der Waals surface area contributed by atoms with Gasteiger partial charge in [-0.25, -0.2) is 0 Å². The summed E-state index contributed by atoms with van der Waals surface area (Å²) in [5.41, 5.74) is 7.09. The largest absolute Gasteiger partial charge is 0.324 e. The molecule has 64 valence electrons. The van der Waals surface area contributed by atoms with Crippen LogP contribution >= 0.6 is 11.3 Å². The number of Topliss-reactive ketones (excluding diaryl/α,β-unsaturated/α-hetero) is 1. The van der Waals surface area contributed by atoms with Crippen LogP contribution in [0.4, 0.5) is 0 Å². The summed E-state index contributed by atoms with van der Waals surface area (Å²) in [5, 5.41) is 2.02. The topological polar surface area (TPSA) is 43.1 Å². The first-order valence-electron chi connectivity index (χ1n) is 4.11. The van der Waals surface area contributed by atoms with Crippen LogP contribution in [-0.4, -0.2) is 5.78 Å². The summed E-state index contributed by atoms with van der Waals surface area (Å²) in [6.45, 7) is 0. The van der Waals surface area contributed by atoms with E-state index >= 15 is 0 Å². The van der Waals surface area contributed by atoms with Gasteiger partial charge in [0.05, 0.1) is 0 Å². The summed E-state index contributed by atoms with van der Waals surface area (Å²) < 4.78 is 0. The van der Waals surface area contributed by atoms with Gasteiger partial charge in [0.1, 0.15) is 5.78 Å². The van der Waals surface area contributed by atoms with Crippen molar-refractivity contribution in [2.45, 2.75) is 25.3 Å². The quantitative estimate of drug-likeness (QED) is 0.618. The van der Waals surface area contributed by atoms with Crippen LogP contribution in [0.1, 0.15) is 29.3 Å². The Labute approximate surface area is 75.4 Å². The predicted octanol–water partition coefficient (Wildman–Crippen LogP) is 1.65. The molecule has 1 atom stereocenters. The van der Waals surface area contributed by atoms with Gasteiger partial charge >= 0.3 is 0 Å². The van der Waals surface area contributed by atoms with Crippen LogP contribution in [-0.2, 0) is 11.2 Å². The molecule has 1 aliphatic carbocycles. The van der Waals surface area contributed by atoms with E-state index in [0.717, 1.165) is 6.42 Å². The number of thiophene rings is 1. The average Bonchev–Trinajstić information content (AvgIpc) is 2.44. The summed E-state index contributed by atoms with van der Waals surface area (Å²) in [7, 11) is 0. The normalized spacial score (nSPS) is 23.4. The van der Waals surface area contributed by atoms with Crippen LogP contribution < -0.4 is 5.73 Å². The highest BCUT2D eigenvalue weighted by atomic mass is 32.1. The lowest BCUT2D eigenvalue weighted by Gasteiger charge is -2.06. The Morgan fingerprint density at radius 1 is 1.58 bits per heavy atom. The van der Waals surface area contributed by atoms with Crippen molar-refractivity contribution >= 4 is 17.1 Å². The van der Waals surface area contributed by atoms with Crippen molar-refractivity contribution in [3.8, 4) is 0 Å². The molecule has 1 aromatic heterocycles. The number of carbonyl (C=O) groups is 1. The number of carbonyl (C=O) groups excluding carboxylic acids is 1. The Morgan fingerprint density at radius 2 is 2.42 bits per heavy atom. The van der Waals surface area contributed by atoms with E-state index in [9.17, 15) is 4.79 Å². The molecule has 3 heteroatoms. The number of hydrogen-bond donors (Lipinski definition) is 1. The molecule has 0 saturated carbocycles. The Morgan fingerprint density at radius 3 is 3.25 bits per heavy atom. The third-order valence-corrected chi connectivity index (χ3v) is 3.21. The molecule has 0 spiro atoms. The van der Waals surface area contributed by atoms with Crippen molar-refractivity contribution < 1.29 is 4.79 Å². The zero-order chi connectivity index (χ0) is 8.55. The molecule has 0 amide bonds. The van der Waals surface area contributed by atoms with Crippen molar-refractivity contribution in [3.63, 3.8) is 0 Å². The first-order valence-corrected chi connectivity index (χ1v) is 4.99. The molecular formula is C9H11NOS. The molecule has 1 unspecified atom stereocenters. The van der Waals surface area contributed by atoms with Crippen molar-refractivity contribution in [2.24, 2.45) is 5.73 Å². The highest BCUT2D eigenvalue weighted by Gasteiger charge is 2.19. The maximum atomic E-state index is 11.2. The molecule has 12 heavy (non-hydrogen) atoms. The molecule has 0 fully saturated rings. The van der Waals surface area contributed by atoms with E-state index in [1.54, 1.807) is 11.3 Å². The van der Waals surface area contributed by atoms with Crippen LogP contribution in [0.3, 0.4) is 0 Å². The van der Waals surface area contributed by atoms with Gasteiger partial charge in [-0.15, -0.1) is 11.3 Å². The first-order chi connectivity index (χ1) is 5.77. The summed E-state index contributed by atoms with van der Waals surface area (Å²) >= 11 is 1.65. The fraction of sp³-hybridized carbons (Fsp3) is 0.444. The Hall–Kier alpha value is -0.670. The van der Waals surface area contributed by atoms with Gasteiger partial charge in [-0.3, -0.25) is 4.79 Å². The number of ketones is 1. The molecule has 1 aliphatic rings. The molecule has 0 radical (unpaired) electrons. The molecule has 1 heterocycles. The maximum Gasteiger partial charge on any atom is 0.138 e. The van der Waals surface area contributed by atoms with E-state index in [2.05, 4.69) is 0 Å². The standard InChI is InChI=1S/C9H11NOS/c10-8-2-1-6(11)5-9-7(8)3-4-12-9/h3-4,8H,1-2,5,10H2. The number of nitrogens with two attached hydrogens (primary N) is 1. The first kappa shape index (κ1) is 7.95. The Bertz CT molecular complexity index is 305. The van der Waals surface area contributed by atoms with Gasteiger partial charge in [0.25, 0.3) is 0 Å². The van der Waals surface area contributed by atoms with Gasteiger partial charge in [-0.1, -0.05) is 0 Å². The lowest BCUT2D eigenvalue weighted by Crippen LogP contribution is -2.08. The SMILES string of the molecule is NC1CCC(=O)Cc2sccc21. The minimum Gasteiger partial charge on any atom is -0.324 e. The second-order valence-electron chi connectivity index (χ2n) is 3.16. The van der Waals surface area contributed by atoms with Gasteiger partial charge in [0, 0.05) is 23.8 Å². The second kappa shape index (κ2) is 2.99. The third-order valence-electron chi connectivity index (χ3n) is 2.27. The van der Waals surface area contributed by atoms with Crippen LogP contribution in [0.15, 0.2) is 11.4 Å². The van der Waals surface area contributed by atoms with Gasteiger partial charge in [-0.2, -0.15) is 0 Å². The van der Waals surface area contributed by atoms with E-state index < -0.39 is 0 Å². The van der Waals surface area contributed by atoms with Gasteiger partial charge < -0.3 is 5.73 Å². The average molecular weight is 181 g/mol. The number of hydrogen-bond acceptors (Lipinski definition) is 3. The van der Waals surface area contributed by atoms with Crippen molar-refractivity contribution in [1.82, 2.24) is 0 Å². The molecule has 2 rings (SSSR count). The van der Waals surface area contributed by atoms with Crippen LogP contribution in [0, 0.1) is 0 Å². The minimum atomic E-state index is 0.0812. The van der Waals surface area contributed by atoms with Crippen LogP contribution in [0.2, 0.25) is 0 Å². The van der Waals surface area contributed by atoms with E-state index in [0.29, 0.717) is 18.6 Å². The molecular weight excluding hydrogens is 170 g/mol. The van der Waals surface area contributed by atoms with Crippen LogP contribution in [0.25, 0.3) is 0 Å². The van der Waals surface area contributed by atoms with Crippen LogP contribution in [0.5, 0.6) is 0 Å². The summed E-state index contributed by atoms with van der Waals surface area (Å²) in [6, 6.07) is 2.13. The van der Waals surface area contributed by atoms with Gasteiger partial charge in [0.15, 0.2) is 0 Å². The summed E-state index contributed by atoms with van der Waals surface area (Å²) in [5.74, 6) is 0.326. The lowest BCUT2D eigenvalue weighted by molar-refractivity contribution is -0.118. The predicted molar refractivity (Wildman–Crippen MR) is 49.2 cm³/mol. The van der Waals surface area contributed by atoms with Gasteiger partial charge in [0.2, 0.25) is 0 Å². The zero-order valence-corrected chi connectivity index (χ0v) is 7.56. The highest BCUT2D eigenvalue weighted by Crippen LogP contribution is 2.29. The minimum absolute atomic E-state index is 0.0812.